The lowest BCUT2D eigenvalue weighted by Gasteiger charge is -2.26. The first kappa shape index (κ1) is 12.1. The van der Waals surface area contributed by atoms with Gasteiger partial charge in [0.05, 0.1) is 0 Å². The maximum absolute atomic E-state index is 12.9. The van der Waals surface area contributed by atoms with Crippen molar-refractivity contribution in [1.82, 2.24) is 0 Å². The number of hydrogen-bond acceptors (Lipinski definition) is 1. The van der Waals surface area contributed by atoms with E-state index in [1.807, 2.05) is 6.07 Å². The van der Waals surface area contributed by atoms with Gasteiger partial charge in [-0.05, 0) is 42.9 Å². The van der Waals surface area contributed by atoms with E-state index < -0.39 is 0 Å². The molecule has 1 aromatic rings. The van der Waals surface area contributed by atoms with Crippen molar-refractivity contribution >= 4 is 15.9 Å². The summed E-state index contributed by atoms with van der Waals surface area (Å²) < 4.78 is 13.8. The van der Waals surface area contributed by atoms with Crippen LogP contribution in [-0.2, 0) is 6.42 Å². The molecule has 0 radical (unpaired) electrons. The molecule has 3 heteroatoms. The van der Waals surface area contributed by atoms with Gasteiger partial charge in [-0.2, -0.15) is 0 Å². The first-order chi connectivity index (χ1) is 7.65. The molecular formula is C13H17BrFN. The van der Waals surface area contributed by atoms with Crippen LogP contribution in [0.25, 0.3) is 0 Å². The summed E-state index contributed by atoms with van der Waals surface area (Å²) in [4.78, 5) is 0. The Morgan fingerprint density at radius 2 is 2.19 bits per heavy atom. The molecule has 0 bridgehead atoms. The van der Waals surface area contributed by atoms with Crippen molar-refractivity contribution in [2.24, 2.45) is 11.7 Å². The SMILES string of the molecule is NC1CCCC(Cc2ccc(F)cc2Br)C1. The molecule has 2 atom stereocenters. The van der Waals surface area contributed by atoms with Crippen LogP contribution in [0.5, 0.6) is 0 Å². The van der Waals surface area contributed by atoms with Gasteiger partial charge in [0.1, 0.15) is 5.82 Å². The molecule has 2 rings (SSSR count). The van der Waals surface area contributed by atoms with E-state index in [0.717, 1.165) is 23.7 Å². The lowest BCUT2D eigenvalue weighted by Crippen LogP contribution is -2.28. The van der Waals surface area contributed by atoms with Gasteiger partial charge < -0.3 is 5.73 Å². The van der Waals surface area contributed by atoms with Gasteiger partial charge in [-0.15, -0.1) is 0 Å². The van der Waals surface area contributed by atoms with Crippen LogP contribution in [0.3, 0.4) is 0 Å². The third kappa shape index (κ3) is 3.05. The number of halogens is 2. The second-order valence-corrected chi connectivity index (χ2v) is 5.59. The van der Waals surface area contributed by atoms with Crippen molar-refractivity contribution in [3.8, 4) is 0 Å². The lowest BCUT2D eigenvalue weighted by atomic mass is 9.82. The molecule has 1 aliphatic carbocycles. The normalized spacial score (nSPS) is 25.7. The topological polar surface area (TPSA) is 26.0 Å². The van der Waals surface area contributed by atoms with Gasteiger partial charge in [-0.25, -0.2) is 4.39 Å². The van der Waals surface area contributed by atoms with Crippen LogP contribution in [0.2, 0.25) is 0 Å². The van der Waals surface area contributed by atoms with E-state index in [4.69, 9.17) is 5.73 Å². The van der Waals surface area contributed by atoms with Gasteiger partial charge in [-0.3, -0.25) is 0 Å². The highest BCUT2D eigenvalue weighted by Gasteiger charge is 2.20. The molecule has 1 saturated carbocycles. The van der Waals surface area contributed by atoms with Crippen molar-refractivity contribution in [3.05, 3.63) is 34.1 Å². The third-order valence-corrected chi connectivity index (χ3v) is 4.09. The van der Waals surface area contributed by atoms with Crippen molar-refractivity contribution in [2.45, 2.75) is 38.1 Å². The Hall–Kier alpha value is -0.410. The summed E-state index contributed by atoms with van der Waals surface area (Å²) in [5.74, 6) is 0.474. The molecule has 16 heavy (non-hydrogen) atoms. The van der Waals surface area contributed by atoms with Gasteiger partial charge in [0, 0.05) is 10.5 Å². The summed E-state index contributed by atoms with van der Waals surface area (Å²) in [6, 6.07) is 5.30. The average Bonchev–Trinajstić information content (AvgIpc) is 2.22. The Morgan fingerprint density at radius 1 is 1.38 bits per heavy atom. The van der Waals surface area contributed by atoms with Crippen molar-refractivity contribution in [3.63, 3.8) is 0 Å². The van der Waals surface area contributed by atoms with E-state index in [-0.39, 0.29) is 5.82 Å². The number of rotatable bonds is 2. The van der Waals surface area contributed by atoms with E-state index in [0.29, 0.717) is 12.0 Å². The fraction of sp³-hybridized carbons (Fsp3) is 0.538. The predicted molar refractivity (Wildman–Crippen MR) is 67.7 cm³/mol. The van der Waals surface area contributed by atoms with E-state index >= 15 is 0 Å². The predicted octanol–water partition coefficient (Wildman–Crippen LogP) is 3.65. The summed E-state index contributed by atoms with van der Waals surface area (Å²) in [5.41, 5.74) is 7.16. The van der Waals surface area contributed by atoms with Crippen LogP contribution in [-0.4, -0.2) is 6.04 Å². The molecule has 2 N–H and O–H groups in total. The van der Waals surface area contributed by atoms with Gasteiger partial charge in [0.2, 0.25) is 0 Å². The van der Waals surface area contributed by atoms with E-state index in [1.165, 1.54) is 30.5 Å². The molecular weight excluding hydrogens is 269 g/mol. The average molecular weight is 286 g/mol. The Morgan fingerprint density at radius 3 is 2.88 bits per heavy atom. The molecule has 1 aliphatic rings. The summed E-state index contributed by atoms with van der Waals surface area (Å²) >= 11 is 3.42. The van der Waals surface area contributed by atoms with Crippen molar-refractivity contribution in [2.75, 3.05) is 0 Å². The zero-order chi connectivity index (χ0) is 11.5. The Balaban J connectivity index is 2.02. The maximum atomic E-state index is 12.9. The molecule has 0 aromatic heterocycles. The number of hydrogen-bond donors (Lipinski definition) is 1. The Bertz CT molecular complexity index is 367. The minimum atomic E-state index is -0.184. The molecule has 0 aliphatic heterocycles. The fourth-order valence-corrected chi connectivity index (χ4v) is 3.03. The van der Waals surface area contributed by atoms with Gasteiger partial charge in [-0.1, -0.05) is 34.8 Å². The van der Waals surface area contributed by atoms with Crippen LogP contribution >= 0.6 is 15.9 Å². The number of benzene rings is 1. The molecule has 0 spiro atoms. The van der Waals surface area contributed by atoms with Gasteiger partial charge in [0.15, 0.2) is 0 Å². The largest absolute Gasteiger partial charge is 0.328 e. The molecule has 1 aromatic carbocycles. The monoisotopic (exact) mass is 285 g/mol. The summed E-state index contributed by atoms with van der Waals surface area (Å²) in [6.45, 7) is 0. The standard InChI is InChI=1S/C13H17BrFN/c14-13-8-11(15)5-4-10(13)6-9-2-1-3-12(16)7-9/h4-5,8-9,12H,1-3,6-7,16H2. The van der Waals surface area contributed by atoms with E-state index in [9.17, 15) is 4.39 Å². The third-order valence-electron chi connectivity index (χ3n) is 3.35. The molecule has 1 nitrogen and oxygen atoms in total. The van der Waals surface area contributed by atoms with Crippen LogP contribution in [0.4, 0.5) is 4.39 Å². The molecule has 88 valence electrons. The highest BCUT2D eigenvalue weighted by molar-refractivity contribution is 9.10. The van der Waals surface area contributed by atoms with Crippen molar-refractivity contribution < 1.29 is 4.39 Å². The molecule has 1 fully saturated rings. The van der Waals surface area contributed by atoms with Crippen LogP contribution in [0, 0.1) is 11.7 Å². The molecule has 0 amide bonds. The first-order valence-electron chi connectivity index (χ1n) is 5.84. The Kier molecular flexibility index (Phi) is 3.98. The zero-order valence-electron chi connectivity index (χ0n) is 9.26. The van der Waals surface area contributed by atoms with Gasteiger partial charge in [0.25, 0.3) is 0 Å². The number of nitrogens with two attached hydrogens (primary N) is 1. The minimum absolute atomic E-state index is 0.184. The first-order valence-corrected chi connectivity index (χ1v) is 6.64. The maximum Gasteiger partial charge on any atom is 0.124 e. The summed E-state index contributed by atoms with van der Waals surface area (Å²) in [7, 11) is 0. The lowest BCUT2D eigenvalue weighted by molar-refractivity contribution is 0.320. The van der Waals surface area contributed by atoms with E-state index in [1.54, 1.807) is 0 Å². The van der Waals surface area contributed by atoms with Crippen LogP contribution in [0.15, 0.2) is 22.7 Å². The van der Waals surface area contributed by atoms with Crippen molar-refractivity contribution in [1.29, 1.82) is 0 Å². The smallest absolute Gasteiger partial charge is 0.124 e. The Labute approximate surface area is 104 Å². The summed E-state index contributed by atoms with van der Waals surface area (Å²) in [6.07, 6.45) is 5.74. The summed E-state index contributed by atoms with van der Waals surface area (Å²) in [5, 5.41) is 0. The van der Waals surface area contributed by atoms with Crippen LogP contribution < -0.4 is 5.73 Å². The molecule has 0 heterocycles. The second-order valence-electron chi connectivity index (χ2n) is 4.73. The van der Waals surface area contributed by atoms with Gasteiger partial charge >= 0.3 is 0 Å². The minimum Gasteiger partial charge on any atom is -0.328 e. The second kappa shape index (κ2) is 5.28. The quantitative estimate of drug-likeness (QED) is 0.882. The highest BCUT2D eigenvalue weighted by atomic mass is 79.9. The fourth-order valence-electron chi connectivity index (χ4n) is 2.52. The zero-order valence-corrected chi connectivity index (χ0v) is 10.8. The molecule has 0 saturated heterocycles. The van der Waals surface area contributed by atoms with Crippen LogP contribution in [0.1, 0.15) is 31.2 Å². The molecule has 2 unspecified atom stereocenters. The van der Waals surface area contributed by atoms with E-state index in [2.05, 4.69) is 15.9 Å². The highest BCUT2D eigenvalue weighted by Crippen LogP contribution is 2.29.